The van der Waals surface area contributed by atoms with E-state index in [9.17, 15) is 19.2 Å². The molecule has 0 aliphatic carbocycles. The van der Waals surface area contributed by atoms with Crippen molar-refractivity contribution in [2.45, 2.75) is 20.8 Å². The standard InChI is InChI=1S/C21H24N2O6S/c1-4-28-19(25)16(20(26)29-5-2)13-22-10-11-23-18(24)17(30-21(23)27)12-15-8-6-14(3)7-9-15/h6-9,12-13,22H,4-5,10-11H2,1-3H3. The Labute approximate surface area is 179 Å². The lowest BCUT2D eigenvalue weighted by molar-refractivity contribution is -0.146. The fourth-order valence-electron chi connectivity index (χ4n) is 2.48. The van der Waals surface area contributed by atoms with E-state index in [0.717, 1.165) is 27.8 Å². The summed E-state index contributed by atoms with van der Waals surface area (Å²) < 4.78 is 9.67. The maximum absolute atomic E-state index is 12.5. The van der Waals surface area contributed by atoms with Crippen molar-refractivity contribution in [1.82, 2.24) is 10.2 Å². The van der Waals surface area contributed by atoms with Crippen LogP contribution in [0.2, 0.25) is 0 Å². The zero-order chi connectivity index (χ0) is 22.1. The summed E-state index contributed by atoms with van der Waals surface area (Å²) in [7, 11) is 0. The minimum atomic E-state index is -0.810. The SMILES string of the molecule is CCOC(=O)C(=CNCCN1C(=O)SC(=Cc2ccc(C)cc2)C1=O)C(=O)OCC. The molecule has 2 rings (SSSR count). The summed E-state index contributed by atoms with van der Waals surface area (Å²) in [5.74, 6) is -2.00. The largest absolute Gasteiger partial charge is 0.462 e. The van der Waals surface area contributed by atoms with Gasteiger partial charge in [-0.15, -0.1) is 0 Å². The van der Waals surface area contributed by atoms with E-state index < -0.39 is 11.9 Å². The highest BCUT2D eigenvalue weighted by Gasteiger charge is 2.34. The number of ether oxygens (including phenoxy) is 2. The number of amides is 2. The van der Waals surface area contributed by atoms with Crippen molar-refractivity contribution < 1.29 is 28.7 Å². The summed E-state index contributed by atoms with van der Waals surface area (Å²) in [6, 6.07) is 7.61. The maximum Gasteiger partial charge on any atom is 0.347 e. The van der Waals surface area contributed by atoms with Gasteiger partial charge in [0, 0.05) is 19.3 Å². The summed E-state index contributed by atoms with van der Waals surface area (Å²) in [4.78, 5) is 50.0. The van der Waals surface area contributed by atoms with Crippen LogP contribution in [0.1, 0.15) is 25.0 Å². The molecule has 0 aromatic heterocycles. The monoisotopic (exact) mass is 432 g/mol. The number of hydrogen-bond acceptors (Lipinski definition) is 8. The van der Waals surface area contributed by atoms with Crippen molar-refractivity contribution in [3.8, 4) is 0 Å². The number of nitrogens with zero attached hydrogens (tertiary/aromatic N) is 1. The highest BCUT2D eigenvalue weighted by atomic mass is 32.2. The summed E-state index contributed by atoms with van der Waals surface area (Å²) in [6.07, 6.45) is 2.86. The number of nitrogens with one attached hydrogen (secondary N) is 1. The Hall–Kier alpha value is -3.07. The van der Waals surface area contributed by atoms with Crippen LogP contribution < -0.4 is 5.32 Å². The highest BCUT2D eigenvalue weighted by Crippen LogP contribution is 2.31. The van der Waals surface area contributed by atoms with Gasteiger partial charge in [0.05, 0.1) is 18.1 Å². The van der Waals surface area contributed by atoms with Gasteiger partial charge in [-0.2, -0.15) is 0 Å². The third-order valence-electron chi connectivity index (χ3n) is 3.97. The van der Waals surface area contributed by atoms with Crippen molar-refractivity contribution in [3.63, 3.8) is 0 Å². The second-order valence-electron chi connectivity index (χ2n) is 6.20. The summed E-state index contributed by atoms with van der Waals surface area (Å²) in [5, 5.41) is 2.39. The van der Waals surface area contributed by atoms with Gasteiger partial charge < -0.3 is 14.8 Å². The molecular weight excluding hydrogens is 408 g/mol. The molecule has 1 aromatic carbocycles. The summed E-state index contributed by atoms with van der Waals surface area (Å²) in [6.45, 7) is 5.66. The van der Waals surface area contributed by atoms with Crippen LogP contribution in [0, 0.1) is 6.92 Å². The number of hydrogen-bond donors (Lipinski definition) is 1. The lowest BCUT2D eigenvalue weighted by Gasteiger charge is -2.12. The smallest absolute Gasteiger partial charge is 0.347 e. The normalized spacial score (nSPS) is 14.6. The zero-order valence-corrected chi connectivity index (χ0v) is 17.9. The number of benzene rings is 1. The predicted molar refractivity (Wildman–Crippen MR) is 113 cm³/mol. The first-order chi connectivity index (χ1) is 14.4. The van der Waals surface area contributed by atoms with E-state index in [1.807, 2.05) is 31.2 Å². The van der Waals surface area contributed by atoms with E-state index in [2.05, 4.69) is 5.32 Å². The molecule has 0 radical (unpaired) electrons. The Morgan fingerprint density at radius 1 is 1.07 bits per heavy atom. The molecular formula is C21H24N2O6S. The third kappa shape index (κ3) is 6.21. The lowest BCUT2D eigenvalue weighted by Crippen LogP contribution is -2.34. The highest BCUT2D eigenvalue weighted by molar-refractivity contribution is 8.18. The fraction of sp³-hybridized carbons (Fsp3) is 0.333. The molecule has 30 heavy (non-hydrogen) atoms. The predicted octanol–water partition coefficient (Wildman–Crippen LogP) is 2.63. The molecule has 9 heteroatoms. The molecule has 1 N–H and O–H groups in total. The quantitative estimate of drug-likeness (QED) is 0.209. The van der Waals surface area contributed by atoms with Crippen LogP contribution in [0.3, 0.4) is 0 Å². The average Bonchev–Trinajstić information content (AvgIpc) is 2.97. The maximum atomic E-state index is 12.5. The van der Waals surface area contributed by atoms with Gasteiger partial charge in [0.15, 0.2) is 5.57 Å². The molecule has 1 aromatic rings. The first kappa shape index (κ1) is 23.2. The summed E-state index contributed by atoms with van der Waals surface area (Å²) >= 11 is 0.875. The number of imide groups is 1. The minimum absolute atomic E-state index is 0.0747. The van der Waals surface area contributed by atoms with Gasteiger partial charge >= 0.3 is 11.9 Å². The molecule has 2 amide bonds. The molecule has 1 aliphatic heterocycles. The van der Waals surface area contributed by atoms with Gasteiger partial charge in [0.2, 0.25) is 0 Å². The number of rotatable bonds is 9. The molecule has 0 spiro atoms. The van der Waals surface area contributed by atoms with Crippen LogP contribution >= 0.6 is 11.8 Å². The molecule has 8 nitrogen and oxygen atoms in total. The zero-order valence-electron chi connectivity index (χ0n) is 17.1. The first-order valence-electron chi connectivity index (χ1n) is 9.47. The van der Waals surface area contributed by atoms with Crippen LogP contribution in [-0.2, 0) is 23.9 Å². The Morgan fingerprint density at radius 3 is 2.23 bits per heavy atom. The average molecular weight is 432 g/mol. The van der Waals surface area contributed by atoms with Crippen LogP contribution in [-0.4, -0.2) is 54.3 Å². The topological polar surface area (TPSA) is 102 Å². The summed E-state index contributed by atoms with van der Waals surface area (Å²) in [5.41, 5.74) is 1.65. The van der Waals surface area contributed by atoms with Crippen LogP contribution in [0.4, 0.5) is 4.79 Å². The number of carbonyl (C=O) groups is 4. The van der Waals surface area contributed by atoms with Crippen LogP contribution in [0.15, 0.2) is 40.9 Å². The number of carbonyl (C=O) groups excluding carboxylic acids is 4. The molecule has 160 valence electrons. The third-order valence-corrected chi connectivity index (χ3v) is 4.87. The van der Waals surface area contributed by atoms with Crippen molar-refractivity contribution in [2.75, 3.05) is 26.3 Å². The molecule has 1 fully saturated rings. The van der Waals surface area contributed by atoms with Gasteiger partial charge in [0.25, 0.3) is 11.1 Å². The van der Waals surface area contributed by atoms with Crippen molar-refractivity contribution in [1.29, 1.82) is 0 Å². The van der Waals surface area contributed by atoms with Gasteiger partial charge in [-0.3, -0.25) is 14.5 Å². The molecule has 0 unspecified atom stereocenters. The van der Waals surface area contributed by atoms with Crippen molar-refractivity contribution in [3.05, 3.63) is 52.1 Å². The van der Waals surface area contributed by atoms with E-state index in [0.29, 0.717) is 4.91 Å². The molecule has 1 aliphatic rings. The molecule has 0 bridgehead atoms. The Kier molecular flexibility index (Phi) is 8.67. The Balaban J connectivity index is 1.99. The fourth-order valence-corrected chi connectivity index (χ4v) is 3.34. The van der Waals surface area contributed by atoms with Crippen molar-refractivity contribution in [2.24, 2.45) is 0 Å². The number of aryl methyl sites for hydroxylation is 1. The van der Waals surface area contributed by atoms with Crippen LogP contribution in [0.25, 0.3) is 6.08 Å². The van der Waals surface area contributed by atoms with E-state index in [1.165, 1.54) is 6.20 Å². The van der Waals surface area contributed by atoms with E-state index in [1.54, 1.807) is 19.9 Å². The van der Waals surface area contributed by atoms with E-state index in [-0.39, 0.29) is 43.0 Å². The van der Waals surface area contributed by atoms with Gasteiger partial charge in [-0.1, -0.05) is 29.8 Å². The van der Waals surface area contributed by atoms with Gasteiger partial charge in [-0.25, -0.2) is 9.59 Å². The number of thioether (sulfide) groups is 1. The minimum Gasteiger partial charge on any atom is -0.462 e. The molecule has 0 saturated carbocycles. The second-order valence-corrected chi connectivity index (χ2v) is 7.19. The van der Waals surface area contributed by atoms with E-state index >= 15 is 0 Å². The number of esters is 2. The first-order valence-corrected chi connectivity index (χ1v) is 10.3. The van der Waals surface area contributed by atoms with Gasteiger partial charge in [-0.05, 0) is 44.2 Å². The van der Waals surface area contributed by atoms with Crippen molar-refractivity contribution >= 4 is 40.9 Å². The van der Waals surface area contributed by atoms with Crippen LogP contribution in [0.5, 0.6) is 0 Å². The molecule has 0 atom stereocenters. The Morgan fingerprint density at radius 2 is 1.67 bits per heavy atom. The Bertz CT molecular complexity index is 856. The van der Waals surface area contributed by atoms with Gasteiger partial charge in [0.1, 0.15) is 0 Å². The lowest BCUT2D eigenvalue weighted by atomic mass is 10.1. The second kappa shape index (κ2) is 11.2. The molecule has 1 saturated heterocycles. The van der Waals surface area contributed by atoms with E-state index in [4.69, 9.17) is 9.47 Å². The molecule has 1 heterocycles.